The molecule has 0 unspecified atom stereocenters. The van der Waals surface area contributed by atoms with Crippen molar-refractivity contribution in [2.75, 3.05) is 31.7 Å². The Kier molecular flexibility index (Phi) is 7.96. The normalized spacial score (nSPS) is 15.3. The first kappa shape index (κ1) is 25.6. The third-order valence-corrected chi connectivity index (χ3v) is 5.67. The molecule has 0 spiro atoms. The Morgan fingerprint density at radius 2 is 2.16 bits per heavy atom. The standard InChI is InChI=1S/C25H26FN5O6/c1-16(32)27-14-20-15-31(25(34)37-20)18-5-6-21(22(26)11-18)17-7-8-30-19(12-28-23(30)10-17)13-29-36-9-3-4-24(33)35-2/h5-8,10-13,20H,3-4,9,14-15H2,1-2H3,(H,27,32)/b29-13+/t20-/m0/s1. The third kappa shape index (κ3) is 6.21. The Morgan fingerprint density at radius 1 is 1.32 bits per heavy atom. The van der Waals surface area contributed by atoms with Crippen LogP contribution in [-0.4, -0.2) is 66.5 Å². The molecule has 3 heterocycles. The summed E-state index contributed by atoms with van der Waals surface area (Å²) >= 11 is 0. The van der Waals surface area contributed by atoms with E-state index < -0.39 is 18.0 Å². The molecule has 3 aromatic rings. The number of ether oxygens (including phenoxy) is 2. The second-order valence-corrected chi connectivity index (χ2v) is 8.29. The highest BCUT2D eigenvalue weighted by Gasteiger charge is 2.32. The number of carbonyl (C=O) groups excluding carboxylic acids is 3. The molecule has 37 heavy (non-hydrogen) atoms. The van der Waals surface area contributed by atoms with Crippen LogP contribution in [0.25, 0.3) is 16.8 Å². The summed E-state index contributed by atoms with van der Waals surface area (Å²) in [5.74, 6) is -1.03. The minimum atomic E-state index is -0.594. The number of anilines is 1. The van der Waals surface area contributed by atoms with Crippen molar-refractivity contribution in [2.45, 2.75) is 25.9 Å². The van der Waals surface area contributed by atoms with E-state index in [4.69, 9.17) is 9.57 Å². The number of oxime groups is 1. The van der Waals surface area contributed by atoms with Gasteiger partial charge in [-0.2, -0.15) is 0 Å². The van der Waals surface area contributed by atoms with Gasteiger partial charge in [-0.25, -0.2) is 14.2 Å². The number of nitrogens with one attached hydrogen (secondary N) is 1. The fraction of sp³-hybridized carbons (Fsp3) is 0.320. The van der Waals surface area contributed by atoms with Crippen molar-refractivity contribution in [1.29, 1.82) is 0 Å². The van der Waals surface area contributed by atoms with Gasteiger partial charge in [-0.3, -0.25) is 18.9 Å². The number of cyclic esters (lactones) is 1. The van der Waals surface area contributed by atoms with Crippen LogP contribution in [0.4, 0.5) is 14.9 Å². The van der Waals surface area contributed by atoms with Crippen molar-refractivity contribution in [3.05, 3.63) is 54.2 Å². The lowest BCUT2D eigenvalue weighted by Crippen LogP contribution is -2.33. The molecule has 2 amide bonds. The number of imidazole rings is 1. The number of nitrogens with zero attached hydrogens (tertiary/aromatic N) is 4. The molecule has 0 aliphatic carbocycles. The number of methoxy groups -OCH3 is 1. The molecule has 1 saturated heterocycles. The average molecular weight is 512 g/mol. The van der Waals surface area contributed by atoms with Crippen LogP contribution in [0, 0.1) is 5.82 Å². The average Bonchev–Trinajstić information content (AvgIpc) is 3.47. The molecule has 0 bridgehead atoms. The van der Waals surface area contributed by atoms with Gasteiger partial charge in [-0.05, 0) is 42.3 Å². The molecule has 1 aliphatic rings. The van der Waals surface area contributed by atoms with Crippen LogP contribution in [0.2, 0.25) is 0 Å². The van der Waals surface area contributed by atoms with E-state index in [0.717, 1.165) is 0 Å². The molecular weight excluding hydrogens is 485 g/mol. The Bertz CT molecular complexity index is 1340. The number of fused-ring (bicyclic) bond motifs is 1. The maximum atomic E-state index is 15.1. The Morgan fingerprint density at radius 3 is 2.92 bits per heavy atom. The lowest BCUT2D eigenvalue weighted by Gasteiger charge is -2.14. The van der Waals surface area contributed by atoms with Gasteiger partial charge in [0.2, 0.25) is 5.91 Å². The lowest BCUT2D eigenvalue weighted by atomic mass is 10.1. The van der Waals surface area contributed by atoms with Crippen LogP contribution in [0.3, 0.4) is 0 Å². The zero-order valence-corrected chi connectivity index (χ0v) is 20.3. The smallest absolute Gasteiger partial charge is 0.414 e. The Hall–Kier alpha value is -4.48. The minimum Gasteiger partial charge on any atom is -0.469 e. The van der Waals surface area contributed by atoms with E-state index in [2.05, 4.69) is 20.2 Å². The molecule has 1 fully saturated rings. The number of amides is 2. The minimum absolute atomic E-state index is 0.191. The highest BCUT2D eigenvalue weighted by Crippen LogP contribution is 2.29. The zero-order chi connectivity index (χ0) is 26.4. The quantitative estimate of drug-likeness (QED) is 0.192. The summed E-state index contributed by atoms with van der Waals surface area (Å²) in [6.45, 7) is 2.05. The van der Waals surface area contributed by atoms with Crippen LogP contribution >= 0.6 is 0 Å². The monoisotopic (exact) mass is 511 g/mol. The predicted octanol–water partition coefficient (Wildman–Crippen LogP) is 2.91. The summed E-state index contributed by atoms with van der Waals surface area (Å²) in [5, 5.41) is 6.51. The van der Waals surface area contributed by atoms with Crippen LogP contribution in [0.5, 0.6) is 0 Å². The fourth-order valence-electron chi connectivity index (χ4n) is 3.79. The number of hydrogen-bond acceptors (Lipinski definition) is 8. The number of halogens is 1. The summed E-state index contributed by atoms with van der Waals surface area (Å²) in [4.78, 5) is 45.3. The molecule has 12 heteroatoms. The van der Waals surface area contributed by atoms with Gasteiger partial charge in [-0.15, -0.1) is 0 Å². The Labute approximate surface area is 211 Å². The van der Waals surface area contributed by atoms with Crippen molar-refractivity contribution >= 4 is 35.5 Å². The van der Waals surface area contributed by atoms with E-state index in [1.807, 2.05) is 0 Å². The lowest BCUT2D eigenvalue weighted by molar-refractivity contribution is -0.141. The van der Waals surface area contributed by atoms with Crippen LogP contribution < -0.4 is 10.2 Å². The highest BCUT2D eigenvalue weighted by atomic mass is 19.1. The molecule has 194 valence electrons. The number of benzene rings is 1. The van der Waals surface area contributed by atoms with Crippen LogP contribution in [0.1, 0.15) is 25.5 Å². The first-order valence-corrected chi connectivity index (χ1v) is 11.6. The number of hydrogen-bond donors (Lipinski definition) is 1. The van der Waals surface area contributed by atoms with Gasteiger partial charge in [0.25, 0.3) is 0 Å². The summed E-state index contributed by atoms with van der Waals surface area (Å²) in [6, 6.07) is 8.00. The predicted molar refractivity (Wildman–Crippen MR) is 132 cm³/mol. The van der Waals surface area contributed by atoms with Crippen LogP contribution in [-0.2, 0) is 23.9 Å². The number of pyridine rings is 1. The first-order valence-electron chi connectivity index (χ1n) is 11.6. The third-order valence-electron chi connectivity index (χ3n) is 5.67. The van der Waals surface area contributed by atoms with Gasteiger partial charge in [0.15, 0.2) is 0 Å². The topological polar surface area (TPSA) is 124 Å². The second-order valence-electron chi connectivity index (χ2n) is 8.29. The summed E-state index contributed by atoms with van der Waals surface area (Å²) in [7, 11) is 1.33. The van der Waals surface area contributed by atoms with E-state index in [1.165, 1.54) is 31.2 Å². The summed E-state index contributed by atoms with van der Waals surface area (Å²) in [6.07, 6.45) is 4.49. The van der Waals surface area contributed by atoms with Crippen molar-refractivity contribution in [2.24, 2.45) is 5.16 Å². The number of carbonyl (C=O) groups is 3. The first-order chi connectivity index (χ1) is 17.9. The van der Waals surface area contributed by atoms with E-state index in [0.29, 0.717) is 34.6 Å². The van der Waals surface area contributed by atoms with Crippen molar-refractivity contribution in [3.8, 4) is 11.1 Å². The van der Waals surface area contributed by atoms with Gasteiger partial charge < -0.3 is 19.6 Å². The maximum absolute atomic E-state index is 15.1. The molecule has 0 saturated carbocycles. The molecule has 1 N–H and O–H groups in total. The number of rotatable bonds is 10. The molecule has 1 aliphatic heterocycles. The largest absolute Gasteiger partial charge is 0.469 e. The Balaban J connectivity index is 1.42. The molecule has 4 rings (SSSR count). The van der Waals surface area contributed by atoms with Crippen molar-refractivity contribution < 1.29 is 33.1 Å². The van der Waals surface area contributed by atoms with Gasteiger partial charge in [0, 0.05) is 25.1 Å². The SMILES string of the molecule is COC(=O)CCCO/N=C/c1cnc2cc(-c3ccc(N4C[C@H](CNC(C)=O)OC4=O)cc3F)ccn12. The molecule has 1 aromatic carbocycles. The van der Waals surface area contributed by atoms with E-state index in [1.54, 1.807) is 41.1 Å². The fourth-order valence-corrected chi connectivity index (χ4v) is 3.79. The van der Waals surface area contributed by atoms with Crippen molar-refractivity contribution in [1.82, 2.24) is 14.7 Å². The highest BCUT2D eigenvalue weighted by molar-refractivity contribution is 5.90. The molecular formula is C25H26FN5O6. The number of aromatic nitrogens is 2. The maximum Gasteiger partial charge on any atom is 0.414 e. The summed E-state index contributed by atoms with van der Waals surface area (Å²) < 4.78 is 26.7. The van der Waals surface area contributed by atoms with Gasteiger partial charge in [0.1, 0.15) is 24.2 Å². The van der Waals surface area contributed by atoms with Gasteiger partial charge in [-0.1, -0.05) is 5.16 Å². The second kappa shape index (κ2) is 11.5. The molecule has 11 nitrogen and oxygen atoms in total. The number of esters is 1. The van der Waals surface area contributed by atoms with E-state index in [9.17, 15) is 14.4 Å². The van der Waals surface area contributed by atoms with E-state index >= 15 is 4.39 Å². The zero-order valence-electron chi connectivity index (χ0n) is 20.3. The van der Waals surface area contributed by atoms with Gasteiger partial charge in [0.05, 0.1) is 44.0 Å². The van der Waals surface area contributed by atoms with Gasteiger partial charge >= 0.3 is 12.1 Å². The summed E-state index contributed by atoms with van der Waals surface area (Å²) in [5.41, 5.74) is 2.56. The van der Waals surface area contributed by atoms with Crippen LogP contribution in [0.15, 0.2) is 47.9 Å². The van der Waals surface area contributed by atoms with E-state index in [-0.39, 0.29) is 38.0 Å². The van der Waals surface area contributed by atoms with Crippen molar-refractivity contribution in [3.63, 3.8) is 0 Å². The molecule has 1 atom stereocenters. The molecule has 0 radical (unpaired) electrons. The molecule has 2 aromatic heterocycles.